The number of benzene rings is 2. The summed E-state index contributed by atoms with van der Waals surface area (Å²) >= 11 is 3.41. The van der Waals surface area contributed by atoms with E-state index >= 15 is 0 Å². The van der Waals surface area contributed by atoms with E-state index in [4.69, 9.17) is 0 Å². The number of aliphatic hydroxyl groups excluding tert-OH is 1. The van der Waals surface area contributed by atoms with Crippen molar-refractivity contribution in [3.8, 4) is 5.69 Å². The summed E-state index contributed by atoms with van der Waals surface area (Å²) in [7, 11) is 0. The first kappa shape index (κ1) is 22.0. The van der Waals surface area contributed by atoms with Gasteiger partial charge in [0, 0.05) is 35.2 Å². The van der Waals surface area contributed by atoms with Gasteiger partial charge in [0.1, 0.15) is 0 Å². The lowest BCUT2D eigenvalue weighted by atomic mass is 9.96. The zero-order valence-electron chi connectivity index (χ0n) is 17.4. The van der Waals surface area contributed by atoms with Crippen LogP contribution in [0, 0.1) is 5.92 Å². The number of nitrogens with one attached hydrogen (secondary N) is 1. The van der Waals surface area contributed by atoms with Crippen molar-refractivity contribution in [3.63, 3.8) is 0 Å². The van der Waals surface area contributed by atoms with Gasteiger partial charge >= 0.3 is 11.9 Å². The van der Waals surface area contributed by atoms with E-state index in [0.717, 1.165) is 10.5 Å². The van der Waals surface area contributed by atoms with Gasteiger partial charge in [-0.3, -0.25) is 9.55 Å². The molecule has 4 aromatic rings. The maximum Gasteiger partial charge on any atom is 0.418 e. The molecule has 1 aliphatic rings. The van der Waals surface area contributed by atoms with Gasteiger partial charge in [0.05, 0.1) is 34.0 Å². The molecular weight excluding hydrogens is 501 g/mol. The number of rotatable bonds is 3. The van der Waals surface area contributed by atoms with Gasteiger partial charge in [-0.2, -0.15) is 13.2 Å². The summed E-state index contributed by atoms with van der Waals surface area (Å²) < 4.78 is 44.4. The minimum atomic E-state index is -4.60. The van der Waals surface area contributed by atoms with Gasteiger partial charge in [0.25, 0.3) is 0 Å². The molecule has 0 saturated carbocycles. The summed E-state index contributed by atoms with van der Waals surface area (Å²) in [6.45, 7) is 0.914. The van der Waals surface area contributed by atoms with Gasteiger partial charge in [0.2, 0.25) is 0 Å². The van der Waals surface area contributed by atoms with Crippen LogP contribution in [0.3, 0.4) is 0 Å². The first-order chi connectivity index (χ1) is 15.8. The summed E-state index contributed by atoms with van der Waals surface area (Å²) in [5, 5.41) is 9.98. The summed E-state index contributed by atoms with van der Waals surface area (Å²) in [6.07, 6.45) is -1.83. The second kappa shape index (κ2) is 8.18. The molecule has 10 heteroatoms. The van der Waals surface area contributed by atoms with Crippen molar-refractivity contribution in [2.75, 3.05) is 24.6 Å². The Bertz CT molecular complexity index is 1400. The lowest BCUT2D eigenvalue weighted by Gasteiger charge is -2.34. The highest BCUT2D eigenvalue weighted by molar-refractivity contribution is 9.10. The van der Waals surface area contributed by atoms with E-state index in [0.29, 0.717) is 47.9 Å². The number of fused-ring (bicyclic) bond motifs is 3. The van der Waals surface area contributed by atoms with Gasteiger partial charge in [-0.15, -0.1) is 0 Å². The molecule has 0 spiro atoms. The Hall–Kier alpha value is -2.85. The van der Waals surface area contributed by atoms with Crippen LogP contribution in [0.15, 0.2) is 51.9 Å². The van der Waals surface area contributed by atoms with Crippen molar-refractivity contribution in [3.05, 3.63) is 63.1 Å². The molecule has 0 amide bonds. The predicted octanol–water partition coefficient (Wildman–Crippen LogP) is 4.86. The summed E-state index contributed by atoms with van der Waals surface area (Å²) in [6, 6.07) is 9.39. The Kier molecular flexibility index (Phi) is 5.44. The molecule has 172 valence electrons. The molecule has 1 aliphatic heterocycles. The third-order valence-corrected chi connectivity index (χ3v) is 6.72. The highest BCUT2D eigenvalue weighted by atomic mass is 79.9. The molecule has 2 aromatic carbocycles. The second-order valence-electron chi connectivity index (χ2n) is 8.26. The number of hydrogen-bond acceptors (Lipinski definition) is 4. The van der Waals surface area contributed by atoms with Crippen LogP contribution in [0.2, 0.25) is 0 Å². The molecule has 5 rings (SSSR count). The zero-order valence-corrected chi connectivity index (χ0v) is 18.9. The monoisotopic (exact) mass is 520 g/mol. The van der Waals surface area contributed by atoms with Crippen LogP contribution in [-0.4, -0.2) is 39.3 Å². The van der Waals surface area contributed by atoms with Crippen LogP contribution in [0.25, 0.3) is 27.6 Å². The van der Waals surface area contributed by atoms with Crippen LogP contribution < -0.4 is 10.6 Å². The average molecular weight is 521 g/mol. The SMILES string of the molecule is O=c1[nH]c2cnc3ccc(Br)cc3c2n1-c1ccc(N2CCC(CO)CC2)c(C(F)(F)F)c1. The van der Waals surface area contributed by atoms with Crippen molar-refractivity contribution in [2.45, 2.75) is 19.0 Å². The number of hydrogen-bond donors (Lipinski definition) is 2. The number of piperidine rings is 1. The third-order valence-electron chi connectivity index (χ3n) is 6.23. The molecule has 0 radical (unpaired) electrons. The van der Waals surface area contributed by atoms with Crippen molar-refractivity contribution < 1.29 is 18.3 Å². The molecule has 0 aliphatic carbocycles. The van der Waals surface area contributed by atoms with Crippen molar-refractivity contribution in [2.24, 2.45) is 5.92 Å². The Labute approximate surface area is 194 Å². The van der Waals surface area contributed by atoms with Crippen LogP contribution in [0.4, 0.5) is 18.9 Å². The Morgan fingerprint density at radius 1 is 1.15 bits per heavy atom. The highest BCUT2D eigenvalue weighted by Gasteiger charge is 2.36. The lowest BCUT2D eigenvalue weighted by Crippen LogP contribution is -2.36. The molecule has 0 unspecified atom stereocenters. The molecule has 1 saturated heterocycles. The molecule has 1 fully saturated rings. The summed E-state index contributed by atoms with van der Waals surface area (Å²) in [4.78, 5) is 21.6. The van der Waals surface area contributed by atoms with Crippen LogP contribution in [0.5, 0.6) is 0 Å². The number of imidazole rings is 1. The van der Waals surface area contributed by atoms with E-state index < -0.39 is 17.4 Å². The third kappa shape index (κ3) is 3.91. The van der Waals surface area contributed by atoms with E-state index in [9.17, 15) is 23.1 Å². The van der Waals surface area contributed by atoms with E-state index in [-0.39, 0.29) is 23.9 Å². The number of anilines is 1. The molecule has 6 nitrogen and oxygen atoms in total. The summed E-state index contributed by atoms with van der Waals surface area (Å²) in [5.74, 6) is 0.112. The van der Waals surface area contributed by atoms with E-state index in [1.807, 2.05) is 6.07 Å². The fourth-order valence-electron chi connectivity index (χ4n) is 4.52. The maximum atomic E-state index is 14.1. The molecule has 3 heterocycles. The Morgan fingerprint density at radius 3 is 2.61 bits per heavy atom. The molecule has 33 heavy (non-hydrogen) atoms. The number of aromatic amines is 1. The normalized spacial score (nSPS) is 15.6. The standard InChI is InChI=1S/C23H20BrF3N4O2/c24-14-1-3-18-16(9-14)21-19(11-28-18)29-22(33)31(21)15-2-4-20(17(10-15)23(25,26)27)30-7-5-13(12-32)6-8-30/h1-4,9-11,13,32H,5-8,12H2,(H,29,33). The number of halogens is 4. The minimum Gasteiger partial charge on any atom is -0.396 e. The van der Waals surface area contributed by atoms with Gasteiger partial charge in [-0.1, -0.05) is 15.9 Å². The van der Waals surface area contributed by atoms with Crippen molar-refractivity contribution >= 4 is 43.6 Å². The van der Waals surface area contributed by atoms with E-state index in [1.165, 1.54) is 16.8 Å². The predicted molar refractivity (Wildman–Crippen MR) is 124 cm³/mol. The lowest BCUT2D eigenvalue weighted by molar-refractivity contribution is -0.137. The minimum absolute atomic E-state index is 0.0430. The largest absolute Gasteiger partial charge is 0.418 e. The molecule has 0 atom stereocenters. The van der Waals surface area contributed by atoms with Gasteiger partial charge in [-0.25, -0.2) is 4.79 Å². The number of aliphatic hydroxyl groups is 1. The fraction of sp³-hybridized carbons (Fsp3) is 0.304. The topological polar surface area (TPSA) is 74.2 Å². The average Bonchev–Trinajstić information content (AvgIpc) is 3.14. The maximum absolute atomic E-state index is 14.1. The molecule has 0 bridgehead atoms. The van der Waals surface area contributed by atoms with E-state index in [1.54, 1.807) is 23.1 Å². The van der Waals surface area contributed by atoms with Gasteiger partial charge in [-0.05, 0) is 55.2 Å². The van der Waals surface area contributed by atoms with Crippen LogP contribution >= 0.6 is 15.9 Å². The Balaban J connectivity index is 1.69. The second-order valence-corrected chi connectivity index (χ2v) is 9.18. The number of aromatic nitrogens is 3. The molecule has 2 N–H and O–H groups in total. The van der Waals surface area contributed by atoms with Crippen molar-refractivity contribution in [1.82, 2.24) is 14.5 Å². The Morgan fingerprint density at radius 2 is 1.91 bits per heavy atom. The fourth-order valence-corrected chi connectivity index (χ4v) is 4.89. The summed E-state index contributed by atoms with van der Waals surface area (Å²) in [5.41, 5.74) is 0.417. The smallest absolute Gasteiger partial charge is 0.396 e. The van der Waals surface area contributed by atoms with Gasteiger partial charge < -0.3 is 15.0 Å². The van der Waals surface area contributed by atoms with E-state index in [2.05, 4.69) is 25.9 Å². The number of alkyl halides is 3. The number of H-pyrrole nitrogens is 1. The van der Waals surface area contributed by atoms with Gasteiger partial charge in [0.15, 0.2) is 0 Å². The zero-order chi connectivity index (χ0) is 23.3. The first-order valence-corrected chi connectivity index (χ1v) is 11.3. The highest BCUT2D eigenvalue weighted by Crippen LogP contribution is 2.39. The van der Waals surface area contributed by atoms with Crippen LogP contribution in [-0.2, 0) is 6.18 Å². The number of pyridine rings is 1. The number of nitrogens with zero attached hydrogens (tertiary/aromatic N) is 3. The van der Waals surface area contributed by atoms with Crippen molar-refractivity contribution in [1.29, 1.82) is 0 Å². The quantitative estimate of drug-likeness (QED) is 0.404. The molecule has 2 aromatic heterocycles. The molecular formula is C23H20BrF3N4O2. The first-order valence-electron chi connectivity index (χ1n) is 10.5. The van der Waals surface area contributed by atoms with Crippen LogP contribution in [0.1, 0.15) is 18.4 Å².